The number of carbonyl (C=O) groups excluding carboxylic acids is 2. The summed E-state index contributed by atoms with van der Waals surface area (Å²) < 4.78 is 18.3. The molecule has 0 aliphatic rings. The highest BCUT2D eigenvalue weighted by Gasteiger charge is 2.13. The summed E-state index contributed by atoms with van der Waals surface area (Å²) in [6.45, 7) is 1.77. The highest BCUT2D eigenvalue weighted by Crippen LogP contribution is 2.17. The second-order valence-corrected chi connectivity index (χ2v) is 6.84. The number of hydrogen-bond donors (Lipinski definition) is 0. The third-order valence-corrected chi connectivity index (χ3v) is 4.49. The molecule has 1 heterocycles. The zero-order valence-corrected chi connectivity index (χ0v) is 16.5. The van der Waals surface area contributed by atoms with Crippen molar-refractivity contribution in [2.24, 2.45) is 0 Å². The van der Waals surface area contributed by atoms with Gasteiger partial charge < -0.3 is 4.74 Å². The van der Waals surface area contributed by atoms with Crippen LogP contribution >= 0.6 is 0 Å². The maximum Gasteiger partial charge on any atom is 0.335 e. The highest BCUT2D eigenvalue weighted by molar-refractivity contribution is 6.09. The van der Waals surface area contributed by atoms with E-state index in [-0.39, 0.29) is 18.1 Å². The van der Waals surface area contributed by atoms with E-state index in [0.29, 0.717) is 17.0 Å². The average molecular weight is 416 g/mol. The first-order valence-corrected chi connectivity index (χ1v) is 9.44. The first kappa shape index (κ1) is 20.1. The van der Waals surface area contributed by atoms with Crippen LogP contribution in [0.4, 0.5) is 4.39 Å². The van der Waals surface area contributed by atoms with Crippen molar-refractivity contribution in [3.8, 4) is 17.1 Å². The lowest BCUT2D eigenvalue weighted by atomic mass is 10.0. The van der Waals surface area contributed by atoms with Gasteiger partial charge in [-0.3, -0.25) is 4.79 Å². The van der Waals surface area contributed by atoms with Crippen molar-refractivity contribution in [2.45, 2.75) is 13.5 Å². The van der Waals surface area contributed by atoms with Crippen LogP contribution in [0.2, 0.25) is 0 Å². The van der Waals surface area contributed by atoms with Gasteiger partial charge >= 0.3 is 5.97 Å². The Bertz CT molecular complexity index is 1220. The van der Waals surface area contributed by atoms with Crippen LogP contribution < -0.4 is 4.74 Å². The fraction of sp³-hybridized carbons (Fsp3) is 0.0870. The summed E-state index contributed by atoms with van der Waals surface area (Å²) in [5, 5.41) is 12.0. The zero-order chi connectivity index (χ0) is 21.8. The Kier molecular flexibility index (Phi) is 5.61. The van der Waals surface area contributed by atoms with Crippen molar-refractivity contribution in [2.75, 3.05) is 0 Å². The molecule has 7 nitrogen and oxygen atoms in total. The van der Waals surface area contributed by atoms with Gasteiger partial charge in [0.25, 0.3) is 0 Å². The minimum absolute atomic E-state index is 0.213. The Labute approximate surface area is 177 Å². The second kappa shape index (κ2) is 8.66. The summed E-state index contributed by atoms with van der Waals surface area (Å²) in [6, 6.07) is 19.0. The minimum atomic E-state index is -0.578. The number of benzene rings is 3. The number of ketones is 1. The number of rotatable bonds is 6. The van der Waals surface area contributed by atoms with E-state index in [9.17, 15) is 14.0 Å². The Balaban J connectivity index is 1.37. The lowest BCUT2D eigenvalue weighted by Crippen LogP contribution is -2.18. The smallest absolute Gasteiger partial charge is 0.335 e. The van der Waals surface area contributed by atoms with Crippen LogP contribution in [0, 0.1) is 12.7 Å². The van der Waals surface area contributed by atoms with Crippen LogP contribution in [0.5, 0.6) is 5.75 Å². The number of aryl methyl sites for hydroxylation is 1. The van der Waals surface area contributed by atoms with Crippen LogP contribution in [0.15, 0.2) is 72.8 Å². The van der Waals surface area contributed by atoms with E-state index in [0.717, 1.165) is 15.9 Å². The van der Waals surface area contributed by atoms with Gasteiger partial charge in [-0.15, -0.1) is 10.2 Å². The lowest BCUT2D eigenvalue weighted by molar-refractivity contribution is -0.135. The SMILES string of the molecule is Cc1ccc(-c2nnn(CC(=O)Oc3ccc(C(=O)c4ccc(F)cc4)cc3)n2)cc1. The molecule has 0 bridgehead atoms. The Morgan fingerprint density at radius 1 is 0.903 bits per heavy atom. The number of aromatic nitrogens is 4. The molecule has 0 amide bonds. The summed E-state index contributed by atoms with van der Waals surface area (Å²) >= 11 is 0. The molecular weight excluding hydrogens is 399 g/mol. The summed E-state index contributed by atoms with van der Waals surface area (Å²) in [5.74, 6) is -0.554. The van der Waals surface area contributed by atoms with Crippen molar-refractivity contribution in [3.05, 3.63) is 95.3 Å². The third-order valence-electron chi connectivity index (χ3n) is 4.49. The number of tetrazole rings is 1. The topological polar surface area (TPSA) is 87.0 Å². The van der Waals surface area contributed by atoms with E-state index in [1.54, 1.807) is 0 Å². The van der Waals surface area contributed by atoms with Gasteiger partial charge in [0.2, 0.25) is 5.82 Å². The maximum atomic E-state index is 13.0. The number of hydrogen-bond acceptors (Lipinski definition) is 6. The molecule has 0 radical (unpaired) electrons. The van der Waals surface area contributed by atoms with Gasteiger partial charge in [0, 0.05) is 16.7 Å². The number of esters is 1. The molecule has 1 aromatic heterocycles. The molecule has 4 aromatic rings. The van der Waals surface area contributed by atoms with Crippen molar-refractivity contribution >= 4 is 11.8 Å². The molecule has 4 rings (SSSR count). The maximum absolute atomic E-state index is 13.0. The van der Waals surface area contributed by atoms with E-state index >= 15 is 0 Å². The quantitative estimate of drug-likeness (QED) is 0.271. The van der Waals surface area contributed by atoms with Crippen LogP contribution in [0.3, 0.4) is 0 Å². The fourth-order valence-electron chi connectivity index (χ4n) is 2.85. The molecule has 0 atom stereocenters. The van der Waals surface area contributed by atoms with Crippen molar-refractivity contribution < 1.29 is 18.7 Å². The minimum Gasteiger partial charge on any atom is -0.425 e. The standard InChI is InChI=1S/C23H17FN4O3/c1-15-2-4-18(5-3-15)23-25-27-28(26-23)14-21(29)31-20-12-8-17(9-13-20)22(30)16-6-10-19(24)11-7-16/h2-13H,14H2,1H3. The van der Waals surface area contributed by atoms with E-state index in [2.05, 4.69) is 15.4 Å². The van der Waals surface area contributed by atoms with Crippen LogP contribution in [0.25, 0.3) is 11.4 Å². The van der Waals surface area contributed by atoms with Crippen molar-refractivity contribution in [1.29, 1.82) is 0 Å². The predicted molar refractivity (Wildman–Crippen MR) is 110 cm³/mol. The van der Waals surface area contributed by atoms with Crippen LogP contribution in [-0.2, 0) is 11.3 Å². The molecule has 0 saturated carbocycles. The first-order valence-electron chi connectivity index (χ1n) is 9.44. The van der Waals surface area contributed by atoms with Gasteiger partial charge in [-0.1, -0.05) is 29.8 Å². The van der Waals surface area contributed by atoms with Crippen molar-refractivity contribution in [1.82, 2.24) is 20.2 Å². The number of halogens is 1. The van der Waals surface area contributed by atoms with Gasteiger partial charge in [-0.25, -0.2) is 9.18 Å². The molecule has 0 aliphatic carbocycles. The Morgan fingerprint density at radius 2 is 1.52 bits per heavy atom. The number of nitrogens with zero attached hydrogens (tertiary/aromatic N) is 4. The predicted octanol–water partition coefficient (Wildman–Crippen LogP) is 3.62. The van der Waals surface area contributed by atoms with E-state index in [4.69, 9.17) is 4.74 Å². The summed E-state index contributed by atoms with van der Waals surface area (Å²) in [4.78, 5) is 25.8. The van der Waals surface area contributed by atoms with Gasteiger partial charge in [0.1, 0.15) is 11.6 Å². The van der Waals surface area contributed by atoms with E-state index in [1.807, 2.05) is 31.2 Å². The molecule has 0 spiro atoms. The molecule has 0 aliphatic heterocycles. The zero-order valence-electron chi connectivity index (χ0n) is 16.5. The molecule has 0 saturated heterocycles. The molecule has 0 N–H and O–H groups in total. The van der Waals surface area contributed by atoms with E-state index in [1.165, 1.54) is 48.5 Å². The molecular formula is C23H17FN4O3. The molecule has 0 fully saturated rings. The molecule has 154 valence electrons. The molecule has 31 heavy (non-hydrogen) atoms. The van der Waals surface area contributed by atoms with E-state index < -0.39 is 11.8 Å². The number of carbonyl (C=O) groups is 2. The normalized spacial score (nSPS) is 10.6. The first-order chi connectivity index (χ1) is 15.0. The molecule has 3 aromatic carbocycles. The average Bonchev–Trinajstić information content (AvgIpc) is 3.23. The Hall–Kier alpha value is -4.20. The Morgan fingerprint density at radius 3 is 2.16 bits per heavy atom. The van der Waals surface area contributed by atoms with Gasteiger partial charge in [0.15, 0.2) is 12.3 Å². The third kappa shape index (κ3) is 4.87. The monoisotopic (exact) mass is 416 g/mol. The largest absolute Gasteiger partial charge is 0.425 e. The highest BCUT2D eigenvalue weighted by atomic mass is 19.1. The second-order valence-electron chi connectivity index (χ2n) is 6.84. The van der Waals surface area contributed by atoms with Gasteiger partial charge in [0.05, 0.1) is 0 Å². The lowest BCUT2D eigenvalue weighted by Gasteiger charge is -2.05. The molecule has 0 unspecified atom stereocenters. The van der Waals surface area contributed by atoms with Gasteiger partial charge in [-0.2, -0.15) is 4.80 Å². The summed E-state index contributed by atoms with van der Waals surface area (Å²) in [5.41, 5.74) is 2.68. The number of ether oxygens (including phenoxy) is 1. The van der Waals surface area contributed by atoms with Gasteiger partial charge in [-0.05, 0) is 60.7 Å². The summed E-state index contributed by atoms with van der Waals surface area (Å²) in [6.07, 6.45) is 0. The molecule has 8 heteroatoms. The fourth-order valence-corrected chi connectivity index (χ4v) is 2.85. The van der Waals surface area contributed by atoms with Crippen molar-refractivity contribution in [3.63, 3.8) is 0 Å². The van der Waals surface area contributed by atoms with Crippen LogP contribution in [-0.4, -0.2) is 32.0 Å². The summed E-state index contributed by atoms with van der Waals surface area (Å²) in [7, 11) is 0. The van der Waals surface area contributed by atoms with Crippen LogP contribution in [0.1, 0.15) is 21.5 Å².